The van der Waals surface area contributed by atoms with Gasteiger partial charge in [-0.15, -0.1) is 0 Å². The molecule has 3 aliphatic rings. The predicted molar refractivity (Wildman–Crippen MR) is 161 cm³/mol. The summed E-state index contributed by atoms with van der Waals surface area (Å²) in [5.41, 5.74) is 14.4. The van der Waals surface area contributed by atoms with Crippen LogP contribution < -0.4 is 15.8 Å². The zero-order valence-electron chi connectivity index (χ0n) is 23.9. The van der Waals surface area contributed by atoms with E-state index in [1.165, 1.54) is 22.3 Å². The van der Waals surface area contributed by atoms with Crippen molar-refractivity contribution in [2.45, 2.75) is 77.0 Å². The number of nitrogens with two attached hydrogens (primary N) is 1. The standard InChI is InChI=1S/C33H42N4O4/c1-2-3-4-7-25(38)17-26(39)11-9-22-10-12-31(40)32(15-22)41-21-37-19-29-24(18-36-30(29)20-37)16-23-6-5-8-28-27(23)13-14-35-33(28)34/h5-6,8,10,12,15,18-19,25,33,35,38,40H,2-4,7,9,11,13-14,16-17,20-21,34H2,1H3/t25-,33-/m1/s1. The average molecular weight is 559 g/mol. The number of ether oxygens (including phenoxy) is 1. The number of aliphatic hydroxyl groups is 1. The van der Waals surface area contributed by atoms with E-state index in [0.29, 0.717) is 31.6 Å². The molecule has 3 heterocycles. The van der Waals surface area contributed by atoms with Gasteiger partial charge < -0.3 is 25.6 Å². The van der Waals surface area contributed by atoms with Gasteiger partial charge in [0.15, 0.2) is 18.2 Å². The number of nitrogens with zero attached hydrogens (tertiary/aromatic N) is 2. The number of aromatic hydroxyl groups is 1. The van der Waals surface area contributed by atoms with Gasteiger partial charge in [-0.1, -0.05) is 50.5 Å². The number of phenols is 1. The Balaban J connectivity index is 1.14. The molecule has 0 saturated carbocycles. The fraction of sp³-hybridized carbons (Fsp3) is 0.455. The van der Waals surface area contributed by atoms with Gasteiger partial charge in [0.25, 0.3) is 0 Å². The van der Waals surface area contributed by atoms with E-state index in [2.05, 4.69) is 46.5 Å². The molecule has 2 aromatic carbocycles. The van der Waals surface area contributed by atoms with E-state index in [0.717, 1.165) is 55.5 Å². The molecule has 0 fully saturated rings. The highest BCUT2D eigenvalue weighted by Crippen LogP contribution is 2.32. The molecule has 0 unspecified atom stereocenters. The third-order valence-corrected chi connectivity index (χ3v) is 8.17. The van der Waals surface area contributed by atoms with Gasteiger partial charge in [-0.3, -0.25) is 15.1 Å². The van der Waals surface area contributed by atoms with Crippen LogP contribution in [0.1, 0.15) is 73.9 Å². The number of phenolic OH excluding ortho intramolecular Hbond substituents is 1. The largest absolute Gasteiger partial charge is 0.504 e. The maximum atomic E-state index is 12.4. The summed E-state index contributed by atoms with van der Waals surface area (Å²) in [7, 11) is 0. The van der Waals surface area contributed by atoms with Crippen LogP contribution in [-0.2, 0) is 24.1 Å². The van der Waals surface area contributed by atoms with Gasteiger partial charge in [-0.2, -0.15) is 0 Å². The number of carbonyl (C=O) groups is 1. The minimum absolute atomic E-state index is 0.0555. The number of hydrogen-bond acceptors (Lipinski definition) is 8. The van der Waals surface area contributed by atoms with Crippen LogP contribution in [0.3, 0.4) is 0 Å². The number of aryl methyl sites for hydroxylation is 1. The summed E-state index contributed by atoms with van der Waals surface area (Å²) in [5.74, 6) is 0.515. The first-order valence-corrected chi connectivity index (χ1v) is 14.9. The topological polar surface area (TPSA) is 120 Å². The fourth-order valence-electron chi connectivity index (χ4n) is 5.86. The summed E-state index contributed by atoms with van der Waals surface area (Å²) in [5, 5.41) is 23.8. The summed E-state index contributed by atoms with van der Waals surface area (Å²) in [6.07, 6.45) is 10.0. The number of benzene rings is 2. The third-order valence-electron chi connectivity index (χ3n) is 8.17. The summed E-state index contributed by atoms with van der Waals surface area (Å²) in [6, 6.07) is 11.6. The van der Waals surface area contributed by atoms with E-state index in [1.807, 2.05) is 12.3 Å². The quantitative estimate of drug-likeness (QED) is 0.253. The van der Waals surface area contributed by atoms with Crippen molar-refractivity contribution in [3.8, 4) is 11.5 Å². The Kier molecular flexibility index (Phi) is 9.54. The lowest BCUT2D eigenvalue weighted by molar-refractivity contribution is -0.121. The molecular formula is C33H42N4O4. The summed E-state index contributed by atoms with van der Waals surface area (Å²) < 4.78 is 6.00. The lowest BCUT2D eigenvalue weighted by Crippen LogP contribution is -2.35. The number of aliphatic imine (C=N–C) groups is 1. The molecule has 0 amide bonds. The lowest BCUT2D eigenvalue weighted by atomic mass is 9.89. The Morgan fingerprint density at radius 3 is 3.00 bits per heavy atom. The molecular weight excluding hydrogens is 516 g/mol. The number of aliphatic hydroxyl groups excluding tert-OH is 1. The van der Waals surface area contributed by atoms with Crippen LogP contribution in [0.4, 0.5) is 0 Å². The van der Waals surface area contributed by atoms with Crippen LogP contribution in [0.5, 0.6) is 11.5 Å². The number of Topliss-reactive ketones (excluding diaryl/α,β-unsaturated/α-hetero) is 1. The molecule has 0 aliphatic carbocycles. The number of carbonyl (C=O) groups excluding carboxylic acids is 1. The smallest absolute Gasteiger partial charge is 0.163 e. The fourth-order valence-corrected chi connectivity index (χ4v) is 5.86. The van der Waals surface area contributed by atoms with Crippen LogP contribution in [0.2, 0.25) is 0 Å². The maximum Gasteiger partial charge on any atom is 0.163 e. The van der Waals surface area contributed by atoms with Crippen LogP contribution in [0.15, 0.2) is 64.9 Å². The molecule has 2 aromatic rings. The lowest BCUT2D eigenvalue weighted by Gasteiger charge is -2.26. The molecule has 0 bridgehead atoms. The Bertz CT molecular complexity index is 1350. The SMILES string of the molecule is CCCCC[C@@H](O)CC(=O)CCc1ccc(O)c(OCN2C=C3C(Cc4cccc5c4CCN[C@H]5N)=CN=C3C2)c1. The first-order valence-electron chi connectivity index (χ1n) is 14.9. The van der Waals surface area contributed by atoms with Gasteiger partial charge in [0.1, 0.15) is 5.78 Å². The second kappa shape index (κ2) is 13.5. The highest BCUT2D eigenvalue weighted by Gasteiger charge is 2.28. The molecule has 218 valence electrons. The van der Waals surface area contributed by atoms with E-state index in [-0.39, 0.29) is 30.9 Å². The molecule has 0 aromatic heterocycles. The van der Waals surface area contributed by atoms with Crippen molar-refractivity contribution in [2.24, 2.45) is 10.7 Å². The third kappa shape index (κ3) is 7.25. The van der Waals surface area contributed by atoms with E-state index >= 15 is 0 Å². The minimum atomic E-state index is -0.560. The Hall–Kier alpha value is -3.46. The van der Waals surface area contributed by atoms with Crippen molar-refractivity contribution < 1.29 is 19.7 Å². The van der Waals surface area contributed by atoms with Crippen LogP contribution in [0.25, 0.3) is 0 Å². The monoisotopic (exact) mass is 558 g/mol. The van der Waals surface area contributed by atoms with Gasteiger partial charge in [-0.25, -0.2) is 0 Å². The first kappa shape index (κ1) is 29.0. The van der Waals surface area contributed by atoms with Crippen molar-refractivity contribution in [1.82, 2.24) is 10.2 Å². The van der Waals surface area contributed by atoms with Crippen molar-refractivity contribution in [3.05, 3.63) is 82.2 Å². The van der Waals surface area contributed by atoms with Crippen LogP contribution >= 0.6 is 0 Å². The van der Waals surface area contributed by atoms with Gasteiger partial charge in [0.2, 0.25) is 0 Å². The Labute approximate surface area is 242 Å². The number of ketones is 1. The number of unbranched alkanes of at least 4 members (excludes halogenated alkanes) is 2. The molecule has 0 spiro atoms. The molecule has 3 aliphatic heterocycles. The molecule has 0 radical (unpaired) electrons. The summed E-state index contributed by atoms with van der Waals surface area (Å²) in [4.78, 5) is 19.1. The molecule has 8 nitrogen and oxygen atoms in total. The maximum absolute atomic E-state index is 12.4. The van der Waals surface area contributed by atoms with E-state index < -0.39 is 6.10 Å². The highest BCUT2D eigenvalue weighted by molar-refractivity contribution is 6.09. The second-order valence-electron chi connectivity index (χ2n) is 11.3. The molecule has 41 heavy (non-hydrogen) atoms. The minimum Gasteiger partial charge on any atom is -0.504 e. The molecule has 8 heteroatoms. The highest BCUT2D eigenvalue weighted by atomic mass is 16.5. The van der Waals surface area contributed by atoms with Gasteiger partial charge in [-0.05, 0) is 65.6 Å². The average Bonchev–Trinajstić information content (AvgIpc) is 3.54. The number of allylic oxidation sites excluding steroid dienone is 1. The van der Waals surface area contributed by atoms with Gasteiger partial charge >= 0.3 is 0 Å². The van der Waals surface area contributed by atoms with Crippen molar-refractivity contribution in [3.63, 3.8) is 0 Å². The van der Waals surface area contributed by atoms with Crippen molar-refractivity contribution in [2.75, 3.05) is 19.8 Å². The van der Waals surface area contributed by atoms with Crippen molar-refractivity contribution in [1.29, 1.82) is 0 Å². The molecule has 2 atom stereocenters. The molecule has 5 N–H and O–H groups in total. The van der Waals surface area contributed by atoms with Crippen LogP contribution in [-0.4, -0.2) is 52.5 Å². The normalized spacial score (nSPS) is 18.4. The Morgan fingerprint density at radius 2 is 2.15 bits per heavy atom. The summed E-state index contributed by atoms with van der Waals surface area (Å²) >= 11 is 0. The van der Waals surface area contributed by atoms with E-state index in [1.54, 1.807) is 12.1 Å². The molecule has 0 saturated heterocycles. The molecule has 5 rings (SSSR count). The second-order valence-corrected chi connectivity index (χ2v) is 11.3. The van der Waals surface area contributed by atoms with E-state index in [4.69, 9.17) is 10.5 Å². The summed E-state index contributed by atoms with van der Waals surface area (Å²) in [6.45, 7) is 3.92. The van der Waals surface area contributed by atoms with Gasteiger partial charge in [0, 0.05) is 37.4 Å². The number of nitrogens with one attached hydrogen (secondary N) is 1. The predicted octanol–water partition coefficient (Wildman–Crippen LogP) is 4.45. The van der Waals surface area contributed by atoms with Gasteiger partial charge in [0.05, 0.1) is 24.5 Å². The Morgan fingerprint density at radius 1 is 1.27 bits per heavy atom. The number of hydrogen-bond donors (Lipinski definition) is 4. The number of fused-ring (bicyclic) bond motifs is 2. The zero-order valence-corrected chi connectivity index (χ0v) is 23.9. The van der Waals surface area contributed by atoms with Crippen LogP contribution in [0, 0.1) is 0 Å². The first-order chi connectivity index (χ1) is 19.9. The zero-order chi connectivity index (χ0) is 28.8. The van der Waals surface area contributed by atoms with E-state index in [9.17, 15) is 15.0 Å². The van der Waals surface area contributed by atoms with Crippen molar-refractivity contribution >= 4 is 11.5 Å². The number of rotatable bonds is 14.